The minimum absolute atomic E-state index is 0.195. The Labute approximate surface area is 344 Å². The van der Waals surface area contributed by atoms with Crippen LogP contribution in [0.3, 0.4) is 0 Å². The lowest BCUT2D eigenvalue weighted by Gasteiger charge is -2.37. The fraction of sp³-hybridized carbons (Fsp3) is 0.444. The van der Waals surface area contributed by atoms with E-state index in [-0.39, 0.29) is 30.0 Å². The van der Waals surface area contributed by atoms with Gasteiger partial charge in [0.2, 0.25) is 23.7 Å². The normalized spacial score (nSPS) is 19.9. The Morgan fingerprint density at radius 3 is 2.19 bits per heavy atom. The van der Waals surface area contributed by atoms with Crippen LogP contribution in [-0.2, 0) is 9.59 Å². The molecule has 0 radical (unpaired) electrons. The molecule has 1 saturated carbocycles. The molecule has 2 amide bonds. The molecule has 1 atom stereocenters. The second-order valence-electron chi connectivity index (χ2n) is 16.5. The standard InChI is InChI=1S/C45H54FN11O2/c46-38-29-34(48-39-17-18-41(58)52-43(39)59)13-16-37(38)31-19-23-54(24-20-31)21-6-22-55-25-27-56(28-26-55)35-14-11-33(12-15-35)49-44-47-30-40-42(53-44)57(36-9-4-5-10-36)45(51-40)50-32-7-2-1-3-8-32/h1-3,7-8,11-16,29-31,36,39,48H,4-6,9-10,17-28H2,(H,50,51)(H,47,49,53)(H,52,58,59). The number of amides is 2. The molecule has 1 aliphatic carbocycles. The largest absolute Gasteiger partial charge is 0.374 e. The van der Waals surface area contributed by atoms with Gasteiger partial charge >= 0.3 is 0 Å². The number of para-hydroxylation sites is 1. The van der Waals surface area contributed by atoms with Crippen LogP contribution in [-0.4, -0.2) is 99.5 Å². The van der Waals surface area contributed by atoms with Gasteiger partial charge in [-0.3, -0.25) is 24.4 Å². The average Bonchev–Trinajstić information content (AvgIpc) is 3.91. The number of imide groups is 1. The van der Waals surface area contributed by atoms with Crippen LogP contribution in [0.25, 0.3) is 11.2 Å². The van der Waals surface area contributed by atoms with Crippen molar-refractivity contribution in [2.75, 3.05) is 73.2 Å². The molecule has 9 rings (SSSR count). The summed E-state index contributed by atoms with van der Waals surface area (Å²) in [5.41, 5.74) is 6.14. The Kier molecular flexibility index (Phi) is 11.7. The van der Waals surface area contributed by atoms with Gasteiger partial charge in [0, 0.05) is 61.4 Å². The minimum atomic E-state index is -0.521. The molecule has 1 unspecified atom stereocenters. The Balaban J connectivity index is 0.714. The van der Waals surface area contributed by atoms with Crippen molar-refractivity contribution in [2.24, 2.45) is 0 Å². The van der Waals surface area contributed by atoms with Crippen molar-refractivity contribution in [3.63, 3.8) is 0 Å². The van der Waals surface area contributed by atoms with Gasteiger partial charge in [0.1, 0.15) is 17.4 Å². The van der Waals surface area contributed by atoms with E-state index in [0.29, 0.717) is 24.1 Å². The maximum Gasteiger partial charge on any atom is 0.249 e. The molecule has 0 bridgehead atoms. The number of carbonyl (C=O) groups is 2. The van der Waals surface area contributed by atoms with E-state index >= 15 is 4.39 Å². The number of hydrogen-bond acceptors (Lipinski definition) is 11. The zero-order chi connectivity index (χ0) is 40.1. The summed E-state index contributed by atoms with van der Waals surface area (Å²) < 4.78 is 17.5. The molecule has 3 aliphatic heterocycles. The van der Waals surface area contributed by atoms with Crippen LogP contribution in [0.1, 0.15) is 75.3 Å². The predicted octanol–water partition coefficient (Wildman–Crippen LogP) is 7.18. The SMILES string of the molecule is O=C1CCC(Nc2ccc(C3CCN(CCCN4CCN(c5ccc(Nc6ncc7nc(Nc8ccccc8)n(C8CCCC8)c7n6)cc5)CC4)CC3)c(F)c2)C(=O)N1. The first kappa shape index (κ1) is 38.9. The topological polar surface area (TPSA) is 136 Å². The molecule has 5 heterocycles. The van der Waals surface area contributed by atoms with Gasteiger partial charge in [-0.15, -0.1) is 0 Å². The lowest BCUT2D eigenvalue weighted by molar-refractivity contribution is -0.133. The molecule has 5 aromatic rings. The van der Waals surface area contributed by atoms with Gasteiger partial charge < -0.3 is 25.8 Å². The quantitative estimate of drug-likeness (QED) is 0.0903. The molecule has 0 spiro atoms. The summed E-state index contributed by atoms with van der Waals surface area (Å²) in [7, 11) is 0. The first-order chi connectivity index (χ1) is 28.9. The van der Waals surface area contributed by atoms with Crippen LogP contribution >= 0.6 is 0 Å². The summed E-state index contributed by atoms with van der Waals surface area (Å²) in [6.45, 7) is 8.16. The third-order valence-electron chi connectivity index (χ3n) is 12.6. The van der Waals surface area contributed by atoms with E-state index in [1.807, 2.05) is 36.5 Å². The molecule has 4 fully saturated rings. The number of fused-ring (bicyclic) bond motifs is 1. The highest BCUT2D eigenvalue weighted by atomic mass is 19.1. The summed E-state index contributed by atoms with van der Waals surface area (Å²) in [6, 6.07) is 23.8. The summed E-state index contributed by atoms with van der Waals surface area (Å²) >= 11 is 0. The average molecular weight is 800 g/mol. The number of piperazine rings is 1. The van der Waals surface area contributed by atoms with Crippen molar-refractivity contribution in [2.45, 2.75) is 75.8 Å². The number of hydrogen-bond donors (Lipinski definition) is 4. The van der Waals surface area contributed by atoms with E-state index in [4.69, 9.17) is 9.97 Å². The predicted molar refractivity (Wildman–Crippen MR) is 230 cm³/mol. The van der Waals surface area contributed by atoms with Gasteiger partial charge in [0.25, 0.3) is 0 Å². The first-order valence-corrected chi connectivity index (χ1v) is 21.5. The van der Waals surface area contributed by atoms with Crippen molar-refractivity contribution in [1.82, 2.24) is 34.6 Å². The molecule has 59 heavy (non-hydrogen) atoms. The van der Waals surface area contributed by atoms with Gasteiger partial charge in [-0.1, -0.05) is 37.1 Å². The molecular formula is C45H54FN11O2. The number of piperidine rings is 2. The summed E-state index contributed by atoms with van der Waals surface area (Å²) in [4.78, 5) is 45.6. The van der Waals surface area contributed by atoms with Crippen LogP contribution in [0.4, 0.5) is 39.0 Å². The second-order valence-corrected chi connectivity index (χ2v) is 16.5. The Bertz CT molecular complexity index is 2230. The zero-order valence-electron chi connectivity index (χ0n) is 33.6. The Morgan fingerprint density at radius 1 is 0.746 bits per heavy atom. The van der Waals surface area contributed by atoms with Gasteiger partial charge in [-0.25, -0.2) is 14.4 Å². The number of rotatable bonds is 13. The van der Waals surface area contributed by atoms with Crippen molar-refractivity contribution in [3.05, 3.63) is 90.4 Å². The molecule has 13 nitrogen and oxygen atoms in total. The lowest BCUT2D eigenvalue weighted by atomic mass is 9.89. The summed E-state index contributed by atoms with van der Waals surface area (Å²) in [5.74, 6) is 0.727. The fourth-order valence-corrected chi connectivity index (χ4v) is 9.28. The van der Waals surface area contributed by atoms with Crippen LogP contribution in [0.5, 0.6) is 0 Å². The molecule has 14 heteroatoms. The summed E-state index contributed by atoms with van der Waals surface area (Å²) in [5, 5.41) is 12.4. The van der Waals surface area contributed by atoms with E-state index < -0.39 is 6.04 Å². The molecule has 3 aromatic carbocycles. The van der Waals surface area contributed by atoms with E-state index in [0.717, 1.165) is 119 Å². The number of anilines is 6. The highest BCUT2D eigenvalue weighted by Gasteiger charge is 2.28. The van der Waals surface area contributed by atoms with Gasteiger partial charge in [0.15, 0.2) is 5.65 Å². The fourth-order valence-electron chi connectivity index (χ4n) is 9.28. The second kappa shape index (κ2) is 17.7. The number of carbonyl (C=O) groups excluding carboxylic acids is 2. The van der Waals surface area contributed by atoms with Crippen LogP contribution in [0.15, 0.2) is 79.0 Å². The monoisotopic (exact) mass is 799 g/mol. The maximum atomic E-state index is 15.2. The van der Waals surface area contributed by atoms with Crippen LogP contribution in [0.2, 0.25) is 0 Å². The zero-order valence-corrected chi connectivity index (χ0v) is 33.6. The number of nitrogens with one attached hydrogen (secondary N) is 4. The van der Waals surface area contributed by atoms with Gasteiger partial charge in [-0.2, -0.15) is 4.98 Å². The molecule has 308 valence electrons. The Morgan fingerprint density at radius 2 is 1.46 bits per heavy atom. The van der Waals surface area contributed by atoms with E-state index in [1.165, 1.54) is 24.6 Å². The lowest BCUT2D eigenvalue weighted by Crippen LogP contribution is -2.47. The minimum Gasteiger partial charge on any atom is -0.374 e. The number of benzene rings is 3. The number of halogens is 1. The van der Waals surface area contributed by atoms with Crippen molar-refractivity contribution in [3.8, 4) is 0 Å². The van der Waals surface area contributed by atoms with Crippen LogP contribution in [0, 0.1) is 5.82 Å². The highest BCUT2D eigenvalue weighted by molar-refractivity contribution is 6.01. The van der Waals surface area contributed by atoms with Crippen molar-refractivity contribution >= 4 is 57.6 Å². The third-order valence-corrected chi connectivity index (χ3v) is 12.6. The molecule has 4 aliphatic rings. The highest BCUT2D eigenvalue weighted by Crippen LogP contribution is 2.36. The number of aromatic nitrogens is 4. The number of likely N-dealkylation sites (tertiary alicyclic amines) is 1. The molecule has 4 N–H and O–H groups in total. The van der Waals surface area contributed by atoms with Crippen molar-refractivity contribution < 1.29 is 14.0 Å². The molecule has 3 saturated heterocycles. The van der Waals surface area contributed by atoms with E-state index in [9.17, 15) is 9.59 Å². The number of nitrogens with zero attached hydrogens (tertiary/aromatic N) is 7. The van der Waals surface area contributed by atoms with E-state index in [2.05, 4.69) is 81.9 Å². The Hall–Kier alpha value is -5.60. The van der Waals surface area contributed by atoms with Crippen molar-refractivity contribution in [1.29, 1.82) is 0 Å². The van der Waals surface area contributed by atoms with E-state index in [1.54, 1.807) is 0 Å². The summed E-state index contributed by atoms with van der Waals surface area (Å²) in [6.07, 6.45) is 10.2. The molecular weight excluding hydrogens is 746 g/mol. The third kappa shape index (κ3) is 9.18. The maximum absolute atomic E-state index is 15.2. The van der Waals surface area contributed by atoms with Crippen LogP contribution < -0.4 is 26.2 Å². The molecule has 2 aromatic heterocycles. The number of imidazole rings is 1. The first-order valence-electron chi connectivity index (χ1n) is 21.5. The van der Waals surface area contributed by atoms with Gasteiger partial charge in [0.05, 0.1) is 6.20 Å². The smallest absolute Gasteiger partial charge is 0.249 e. The van der Waals surface area contributed by atoms with Gasteiger partial charge in [-0.05, 0) is 125 Å².